The molecule has 0 aliphatic carbocycles. The summed E-state index contributed by atoms with van der Waals surface area (Å²) in [7, 11) is 0. The van der Waals surface area contributed by atoms with Gasteiger partial charge in [-0.3, -0.25) is 0 Å². The Hall–Kier alpha value is -0.930. The molecular weight excluding hydrogens is 263 g/mol. The van der Waals surface area contributed by atoms with Crippen LogP contribution < -0.4 is 0 Å². The summed E-state index contributed by atoms with van der Waals surface area (Å²) in [5.74, 6) is 0.638. The second kappa shape index (κ2) is 4.07. The van der Waals surface area contributed by atoms with Crippen molar-refractivity contribution in [1.82, 2.24) is 9.97 Å². The first-order valence-corrected chi connectivity index (χ1v) is 5.17. The molecule has 0 aliphatic heterocycles. The predicted molar refractivity (Wildman–Crippen MR) is 60.2 cm³/mol. The van der Waals surface area contributed by atoms with Gasteiger partial charge in [-0.15, -0.1) is 0 Å². The van der Waals surface area contributed by atoms with Gasteiger partial charge in [0.2, 0.25) is 0 Å². The average molecular weight is 270 g/mol. The van der Waals surface area contributed by atoms with Gasteiger partial charge < -0.3 is 0 Å². The fourth-order valence-corrected chi connectivity index (χ4v) is 1.52. The third kappa shape index (κ3) is 1.94. The van der Waals surface area contributed by atoms with Gasteiger partial charge in [0.25, 0.3) is 0 Å². The van der Waals surface area contributed by atoms with E-state index < -0.39 is 0 Å². The van der Waals surface area contributed by atoms with Gasteiger partial charge in [-0.1, -0.05) is 23.7 Å². The van der Waals surface area contributed by atoms with Crippen molar-refractivity contribution in [3.63, 3.8) is 0 Å². The number of hydrogen-bond acceptors (Lipinski definition) is 2. The molecule has 2 rings (SSSR count). The largest absolute Gasteiger partial charge is 0.235 e. The molecule has 1 aromatic carbocycles. The van der Waals surface area contributed by atoms with Crippen LogP contribution in [0.5, 0.6) is 0 Å². The topological polar surface area (TPSA) is 25.8 Å². The van der Waals surface area contributed by atoms with Gasteiger partial charge in [-0.2, -0.15) is 0 Å². The minimum Gasteiger partial charge on any atom is -0.235 e. The van der Waals surface area contributed by atoms with E-state index in [-0.39, 0.29) is 0 Å². The van der Waals surface area contributed by atoms with E-state index in [1.54, 1.807) is 12.4 Å². The van der Waals surface area contributed by atoms with Crippen LogP contribution in [0.2, 0.25) is 5.02 Å². The van der Waals surface area contributed by atoms with Gasteiger partial charge in [0.15, 0.2) is 5.82 Å². The van der Waals surface area contributed by atoms with E-state index in [2.05, 4.69) is 25.9 Å². The molecule has 0 aliphatic rings. The van der Waals surface area contributed by atoms with E-state index in [1.165, 1.54) is 0 Å². The highest BCUT2D eigenvalue weighted by atomic mass is 79.9. The fraction of sp³-hybridized carbons (Fsp3) is 0. The lowest BCUT2D eigenvalue weighted by molar-refractivity contribution is 1.16. The molecule has 0 unspecified atom stereocenters. The lowest BCUT2D eigenvalue weighted by Gasteiger charge is -2.01. The molecule has 0 atom stereocenters. The van der Waals surface area contributed by atoms with Crippen LogP contribution in [-0.2, 0) is 0 Å². The van der Waals surface area contributed by atoms with E-state index in [4.69, 9.17) is 11.6 Å². The third-order valence-corrected chi connectivity index (χ3v) is 2.47. The molecule has 0 bridgehead atoms. The van der Waals surface area contributed by atoms with Gasteiger partial charge in [0.1, 0.15) is 0 Å². The van der Waals surface area contributed by atoms with Gasteiger partial charge in [0, 0.05) is 18.0 Å². The second-order valence-corrected chi connectivity index (χ2v) is 4.03. The Morgan fingerprint density at radius 2 is 1.71 bits per heavy atom. The van der Waals surface area contributed by atoms with Gasteiger partial charge >= 0.3 is 0 Å². The van der Waals surface area contributed by atoms with Gasteiger partial charge in [-0.25, -0.2) is 9.97 Å². The van der Waals surface area contributed by atoms with Crippen molar-refractivity contribution >= 4 is 27.5 Å². The molecule has 0 saturated carbocycles. The number of nitrogens with zero attached hydrogens (tertiary/aromatic N) is 2. The molecule has 2 aromatic rings. The van der Waals surface area contributed by atoms with Crippen LogP contribution in [0.4, 0.5) is 0 Å². The first kappa shape index (κ1) is 9.62. The number of aromatic nitrogens is 2. The monoisotopic (exact) mass is 268 g/mol. The first-order chi connectivity index (χ1) is 6.77. The van der Waals surface area contributed by atoms with E-state index in [9.17, 15) is 0 Å². The molecule has 4 heteroatoms. The second-order valence-electron chi connectivity index (χ2n) is 2.70. The molecule has 1 aromatic heterocycles. The molecule has 0 radical (unpaired) electrons. The normalized spacial score (nSPS) is 10.1. The van der Waals surface area contributed by atoms with Crippen LogP contribution in [0, 0.1) is 0 Å². The summed E-state index contributed by atoms with van der Waals surface area (Å²) in [6, 6.07) is 7.51. The summed E-state index contributed by atoms with van der Waals surface area (Å²) < 4.78 is 0.855. The van der Waals surface area contributed by atoms with Crippen molar-refractivity contribution in [3.05, 3.63) is 46.2 Å². The third-order valence-electron chi connectivity index (χ3n) is 1.74. The van der Waals surface area contributed by atoms with Crippen LogP contribution in [-0.4, -0.2) is 9.97 Å². The lowest BCUT2D eigenvalue weighted by atomic mass is 10.2. The summed E-state index contributed by atoms with van der Waals surface area (Å²) in [6.07, 6.45) is 3.40. The predicted octanol–water partition coefficient (Wildman–Crippen LogP) is 3.56. The highest BCUT2D eigenvalue weighted by Crippen LogP contribution is 2.24. The van der Waals surface area contributed by atoms with Crippen LogP contribution in [0.25, 0.3) is 11.4 Å². The molecule has 0 amide bonds. The maximum absolute atomic E-state index is 6.01. The average Bonchev–Trinajstić information content (AvgIpc) is 2.20. The van der Waals surface area contributed by atoms with E-state index in [1.807, 2.05) is 24.3 Å². The highest BCUT2D eigenvalue weighted by molar-refractivity contribution is 9.10. The quantitative estimate of drug-likeness (QED) is 0.791. The molecule has 14 heavy (non-hydrogen) atoms. The molecule has 1 heterocycles. The maximum Gasteiger partial charge on any atom is 0.160 e. The van der Waals surface area contributed by atoms with E-state index in [0.717, 1.165) is 10.0 Å². The van der Waals surface area contributed by atoms with Crippen molar-refractivity contribution in [3.8, 4) is 11.4 Å². The Balaban J connectivity index is 2.50. The summed E-state index contributed by atoms with van der Waals surface area (Å²) in [5.41, 5.74) is 0.849. The highest BCUT2D eigenvalue weighted by Gasteiger charge is 2.04. The maximum atomic E-state index is 6.01. The fourth-order valence-electron chi connectivity index (χ4n) is 1.09. The molecular formula is C10H6BrClN2. The SMILES string of the molecule is Clc1ccccc1-c1ncc(Br)cn1. The first-order valence-electron chi connectivity index (χ1n) is 4.00. The van der Waals surface area contributed by atoms with Crippen LogP contribution >= 0.6 is 27.5 Å². The van der Waals surface area contributed by atoms with Crippen molar-refractivity contribution < 1.29 is 0 Å². The zero-order chi connectivity index (χ0) is 9.97. The Bertz CT molecular complexity index is 442. The summed E-state index contributed by atoms with van der Waals surface area (Å²) in [4.78, 5) is 8.33. The number of halogens is 2. The molecule has 0 N–H and O–H groups in total. The van der Waals surface area contributed by atoms with Gasteiger partial charge in [-0.05, 0) is 28.1 Å². The van der Waals surface area contributed by atoms with Gasteiger partial charge in [0.05, 0.1) is 9.50 Å². The minimum atomic E-state index is 0.638. The van der Waals surface area contributed by atoms with Crippen LogP contribution in [0.3, 0.4) is 0 Å². The minimum absolute atomic E-state index is 0.638. The lowest BCUT2D eigenvalue weighted by Crippen LogP contribution is -1.88. The number of rotatable bonds is 1. The van der Waals surface area contributed by atoms with Crippen molar-refractivity contribution in [2.45, 2.75) is 0 Å². The van der Waals surface area contributed by atoms with E-state index in [0.29, 0.717) is 10.8 Å². The Morgan fingerprint density at radius 3 is 2.36 bits per heavy atom. The summed E-state index contributed by atoms with van der Waals surface area (Å²) in [6.45, 7) is 0. The van der Waals surface area contributed by atoms with Crippen LogP contribution in [0.1, 0.15) is 0 Å². The molecule has 2 nitrogen and oxygen atoms in total. The molecule has 0 fully saturated rings. The summed E-state index contributed by atoms with van der Waals surface area (Å²) in [5, 5.41) is 0.662. The zero-order valence-electron chi connectivity index (χ0n) is 7.11. The zero-order valence-corrected chi connectivity index (χ0v) is 9.46. The number of benzene rings is 1. The van der Waals surface area contributed by atoms with Crippen LogP contribution in [0.15, 0.2) is 41.1 Å². The molecule has 0 saturated heterocycles. The summed E-state index contributed by atoms with van der Waals surface area (Å²) >= 11 is 9.29. The Labute approximate surface area is 95.1 Å². The van der Waals surface area contributed by atoms with Crippen molar-refractivity contribution in [2.75, 3.05) is 0 Å². The van der Waals surface area contributed by atoms with Crippen molar-refractivity contribution in [2.24, 2.45) is 0 Å². The Kier molecular flexibility index (Phi) is 2.79. The smallest absolute Gasteiger partial charge is 0.160 e. The standard InChI is InChI=1S/C10H6BrClN2/c11-7-5-13-10(14-6-7)8-3-1-2-4-9(8)12/h1-6H. The Morgan fingerprint density at radius 1 is 1.07 bits per heavy atom. The van der Waals surface area contributed by atoms with Crippen molar-refractivity contribution in [1.29, 1.82) is 0 Å². The van der Waals surface area contributed by atoms with E-state index >= 15 is 0 Å². The molecule has 0 spiro atoms. The number of hydrogen-bond donors (Lipinski definition) is 0. The molecule has 70 valence electrons.